The molecule has 7 heteroatoms. The molecule has 164 valence electrons. The summed E-state index contributed by atoms with van der Waals surface area (Å²) in [4.78, 5) is 12.8. The van der Waals surface area contributed by atoms with Crippen molar-refractivity contribution < 1.29 is 13.2 Å². The molecule has 6 nitrogen and oxygen atoms in total. The number of hydrogen-bond acceptors (Lipinski definition) is 3. The van der Waals surface area contributed by atoms with Gasteiger partial charge in [-0.2, -0.15) is 4.31 Å². The molecule has 0 radical (unpaired) electrons. The van der Waals surface area contributed by atoms with Crippen molar-refractivity contribution in [3.8, 4) is 0 Å². The van der Waals surface area contributed by atoms with Crippen molar-refractivity contribution in [2.75, 3.05) is 13.1 Å². The van der Waals surface area contributed by atoms with Gasteiger partial charge in [0.2, 0.25) is 15.9 Å². The molecule has 2 heterocycles. The normalized spacial score (nSPS) is 16.3. The highest BCUT2D eigenvalue weighted by atomic mass is 32.2. The molecule has 0 bridgehead atoms. The van der Waals surface area contributed by atoms with E-state index in [9.17, 15) is 13.2 Å². The minimum atomic E-state index is -3.45. The van der Waals surface area contributed by atoms with Crippen LogP contribution in [0.25, 0.3) is 10.9 Å². The summed E-state index contributed by atoms with van der Waals surface area (Å²) in [5.74, 6) is -0.0116. The van der Waals surface area contributed by atoms with Gasteiger partial charge in [0.15, 0.2) is 0 Å². The number of aryl methyl sites for hydroxylation is 1. The van der Waals surface area contributed by atoms with Crippen LogP contribution in [0.1, 0.15) is 44.2 Å². The molecule has 31 heavy (non-hydrogen) atoms. The third kappa shape index (κ3) is 4.83. The van der Waals surface area contributed by atoms with Gasteiger partial charge in [-0.25, -0.2) is 8.42 Å². The highest BCUT2D eigenvalue weighted by Crippen LogP contribution is 2.25. The van der Waals surface area contributed by atoms with Crippen molar-refractivity contribution in [3.63, 3.8) is 0 Å². The Morgan fingerprint density at radius 2 is 1.77 bits per heavy atom. The first-order valence-corrected chi connectivity index (χ1v) is 12.3. The molecule has 1 unspecified atom stereocenters. The van der Waals surface area contributed by atoms with E-state index >= 15 is 0 Å². The fourth-order valence-electron chi connectivity index (χ4n) is 4.15. The van der Waals surface area contributed by atoms with Crippen molar-refractivity contribution >= 4 is 26.8 Å². The van der Waals surface area contributed by atoms with Crippen molar-refractivity contribution in [2.45, 2.75) is 50.1 Å². The third-order valence-electron chi connectivity index (χ3n) is 5.95. The van der Waals surface area contributed by atoms with E-state index in [0.29, 0.717) is 31.0 Å². The number of carbonyl (C=O) groups is 1. The summed E-state index contributed by atoms with van der Waals surface area (Å²) < 4.78 is 29.5. The Morgan fingerprint density at radius 3 is 2.52 bits per heavy atom. The lowest BCUT2D eigenvalue weighted by molar-refractivity contribution is -0.121. The second-order valence-electron chi connectivity index (χ2n) is 8.14. The molecule has 1 N–H and O–H groups in total. The SMILES string of the molecule is CC(NC(=O)CCn1ccc2cc(S(=O)(=O)N3CCCCC3)ccc21)c1ccccc1. The first kappa shape index (κ1) is 21.6. The third-order valence-corrected chi connectivity index (χ3v) is 7.85. The summed E-state index contributed by atoms with van der Waals surface area (Å²) in [5.41, 5.74) is 2.01. The van der Waals surface area contributed by atoms with E-state index in [1.54, 1.807) is 16.4 Å². The zero-order valence-electron chi connectivity index (χ0n) is 17.8. The Labute approximate surface area is 183 Å². The lowest BCUT2D eigenvalue weighted by Crippen LogP contribution is -2.35. The van der Waals surface area contributed by atoms with Gasteiger partial charge in [0.25, 0.3) is 0 Å². The minimum absolute atomic E-state index is 0.0116. The van der Waals surface area contributed by atoms with E-state index in [4.69, 9.17) is 0 Å². The van der Waals surface area contributed by atoms with Crippen LogP contribution in [-0.2, 0) is 21.4 Å². The number of hydrogen-bond donors (Lipinski definition) is 1. The maximum atomic E-state index is 12.9. The number of piperidine rings is 1. The van der Waals surface area contributed by atoms with Gasteiger partial charge in [-0.3, -0.25) is 4.79 Å². The molecule has 1 atom stereocenters. The van der Waals surface area contributed by atoms with Gasteiger partial charge < -0.3 is 9.88 Å². The van der Waals surface area contributed by atoms with Crippen LogP contribution >= 0.6 is 0 Å². The van der Waals surface area contributed by atoms with Gasteiger partial charge in [0, 0.05) is 43.2 Å². The summed E-state index contributed by atoms with van der Waals surface area (Å²) in [6.07, 6.45) is 5.20. The fraction of sp³-hybridized carbons (Fsp3) is 0.375. The number of rotatable bonds is 7. The van der Waals surface area contributed by atoms with Gasteiger partial charge in [0.1, 0.15) is 0 Å². The molecule has 1 amide bonds. The lowest BCUT2D eigenvalue weighted by atomic mass is 10.1. The summed E-state index contributed by atoms with van der Waals surface area (Å²) in [5, 5.41) is 3.91. The standard InChI is InChI=1S/C24H29N3O3S/c1-19(20-8-4-2-5-9-20)25-24(28)13-17-26-16-12-21-18-22(10-11-23(21)26)31(29,30)27-14-6-3-7-15-27/h2,4-5,8-12,16,18-19H,3,6-7,13-15,17H2,1H3,(H,25,28). The van der Waals surface area contributed by atoms with Crippen molar-refractivity contribution in [1.29, 1.82) is 0 Å². The van der Waals surface area contributed by atoms with Crippen LogP contribution < -0.4 is 5.32 Å². The van der Waals surface area contributed by atoms with Crippen LogP contribution in [0, 0.1) is 0 Å². The quantitative estimate of drug-likeness (QED) is 0.603. The van der Waals surface area contributed by atoms with E-state index in [-0.39, 0.29) is 11.9 Å². The van der Waals surface area contributed by atoms with E-state index in [1.807, 2.05) is 60.2 Å². The zero-order chi connectivity index (χ0) is 21.8. The van der Waals surface area contributed by atoms with E-state index in [2.05, 4.69) is 5.32 Å². The second kappa shape index (κ2) is 9.24. The van der Waals surface area contributed by atoms with Crippen LogP contribution in [0.3, 0.4) is 0 Å². The molecular formula is C24H29N3O3S. The number of benzene rings is 2. The van der Waals surface area contributed by atoms with Crippen LogP contribution in [0.4, 0.5) is 0 Å². The Bertz CT molecular complexity index is 1150. The molecule has 1 aliphatic rings. The predicted molar refractivity (Wildman–Crippen MR) is 122 cm³/mol. The van der Waals surface area contributed by atoms with Gasteiger partial charge in [-0.1, -0.05) is 36.8 Å². The molecule has 1 aromatic heterocycles. The number of amides is 1. The van der Waals surface area contributed by atoms with Gasteiger partial charge in [-0.05, 0) is 49.6 Å². The summed E-state index contributed by atoms with van der Waals surface area (Å²) in [6, 6.07) is 17.0. The smallest absolute Gasteiger partial charge is 0.243 e. The van der Waals surface area contributed by atoms with E-state index in [0.717, 1.165) is 35.7 Å². The van der Waals surface area contributed by atoms with Crippen LogP contribution in [-0.4, -0.2) is 36.3 Å². The number of nitrogens with one attached hydrogen (secondary N) is 1. The van der Waals surface area contributed by atoms with Crippen LogP contribution in [0.5, 0.6) is 0 Å². The zero-order valence-corrected chi connectivity index (χ0v) is 18.6. The number of sulfonamides is 1. The van der Waals surface area contributed by atoms with E-state index in [1.165, 1.54) is 0 Å². The molecule has 2 aromatic carbocycles. The van der Waals surface area contributed by atoms with Gasteiger partial charge in [-0.15, -0.1) is 0 Å². The average Bonchev–Trinajstić information content (AvgIpc) is 3.21. The molecular weight excluding hydrogens is 410 g/mol. The number of aromatic nitrogens is 1. The molecule has 1 aliphatic heterocycles. The molecule has 3 aromatic rings. The molecule has 1 fully saturated rings. The summed E-state index contributed by atoms with van der Waals surface area (Å²) >= 11 is 0. The largest absolute Gasteiger partial charge is 0.350 e. The fourth-order valence-corrected chi connectivity index (χ4v) is 5.70. The van der Waals surface area contributed by atoms with Crippen molar-refractivity contribution in [1.82, 2.24) is 14.2 Å². The minimum Gasteiger partial charge on any atom is -0.350 e. The Hall–Kier alpha value is -2.64. The molecule has 4 rings (SSSR count). The summed E-state index contributed by atoms with van der Waals surface area (Å²) in [6.45, 7) is 3.70. The van der Waals surface area contributed by atoms with Gasteiger partial charge >= 0.3 is 0 Å². The summed E-state index contributed by atoms with van der Waals surface area (Å²) in [7, 11) is -3.45. The van der Waals surface area contributed by atoms with Crippen LogP contribution in [0.15, 0.2) is 65.7 Å². The van der Waals surface area contributed by atoms with Crippen LogP contribution in [0.2, 0.25) is 0 Å². The molecule has 0 aliphatic carbocycles. The highest BCUT2D eigenvalue weighted by Gasteiger charge is 2.26. The average molecular weight is 440 g/mol. The molecule has 0 spiro atoms. The lowest BCUT2D eigenvalue weighted by Gasteiger charge is -2.25. The molecule has 0 saturated carbocycles. The highest BCUT2D eigenvalue weighted by molar-refractivity contribution is 7.89. The number of carbonyl (C=O) groups excluding carboxylic acids is 1. The number of nitrogens with zero attached hydrogens (tertiary/aromatic N) is 2. The van der Waals surface area contributed by atoms with Crippen molar-refractivity contribution in [3.05, 3.63) is 66.4 Å². The van der Waals surface area contributed by atoms with Gasteiger partial charge in [0.05, 0.1) is 10.9 Å². The topological polar surface area (TPSA) is 71.4 Å². The Balaban J connectivity index is 1.42. The molecule has 1 saturated heterocycles. The van der Waals surface area contributed by atoms with E-state index < -0.39 is 10.0 Å². The maximum Gasteiger partial charge on any atom is 0.243 e. The second-order valence-corrected chi connectivity index (χ2v) is 10.1. The number of fused-ring (bicyclic) bond motifs is 1. The monoisotopic (exact) mass is 439 g/mol. The predicted octanol–water partition coefficient (Wildman–Crippen LogP) is 4.08. The maximum absolute atomic E-state index is 12.9. The van der Waals surface area contributed by atoms with Crippen molar-refractivity contribution in [2.24, 2.45) is 0 Å². The first-order chi connectivity index (χ1) is 14.9. The first-order valence-electron chi connectivity index (χ1n) is 10.9. The Kier molecular flexibility index (Phi) is 6.43. The Morgan fingerprint density at radius 1 is 1.03 bits per heavy atom.